The van der Waals surface area contributed by atoms with E-state index in [1.165, 1.54) is 4.88 Å². The molecule has 0 bridgehead atoms. The first-order valence-electron chi connectivity index (χ1n) is 6.18. The van der Waals surface area contributed by atoms with Gasteiger partial charge in [0, 0.05) is 17.3 Å². The summed E-state index contributed by atoms with van der Waals surface area (Å²) in [6, 6.07) is 13.6. The molecule has 1 aromatic carbocycles. The van der Waals surface area contributed by atoms with Crippen LogP contribution in [0.4, 0.5) is 0 Å². The van der Waals surface area contributed by atoms with Crippen LogP contribution >= 0.6 is 22.9 Å². The van der Waals surface area contributed by atoms with Gasteiger partial charge in [0.15, 0.2) is 0 Å². The third kappa shape index (κ3) is 4.08. The van der Waals surface area contributed by atoms with E-state index in [1.54, 1.807) is 11.3 Å². The maximum atomic E-state index is 12.0. The Kier molecular flexibility index (Phi) is 5.00. The molecule has 2 atom stereocenters. The van der Waals surface area contributed by atoms with Gasteiger partial charge in [-0.1, -0.05) is 36.4 Å². The van der Waals surface area contributed by atoms with Crippen LogP contribution < -0.4 is 5.32 Å². The zero-order valence-electron chi connectivity index (χ0n) is 10.7. The van der Waals surface area contributed by atoms with Crippen molar-refractivity contribution in [3.05, 3.63) is 58.3 Å². The van der Waals surface area contributed by atoms with Gasteiger partial charge in [0.05, 0.1) is 0 Å². The van der Waals surface area contributed by atoms with Gasteiger partial charge in [0.25, 0.3) is 0 Å². The minimum absolute atomic E-state index is 0.0797. The van der Waals surface area contributed by atoms with Crippen molar-refractivity contribution < 1.29 is 4.79 Å². The molecule has 1 aromatic heterocycles. The number of carbonyl (C=O) groups is 1. The third-order valence-electron chi connectivity index (χ3n) is 2.80. The van der Waals surface area contributed by atoms with Crippen molar-refractivity contribution in [1.82, 2.24) is 5.32 Å². The molecule has 19 heavy (non-hydrogen) atoms. The van der Waals surface area contributed by atoms with E-state index < -0.39 is 5.38 Å². The SMILES string of the molecule is CC(Cc1cccs1)NC(=O)C(Cl)c1ccccc1. The number of thiophene rings is 1. The molecule has 4 heteroatoms. The molecule has 100 valence electrons. The van der Waals surface area contributed by atoms with E-state index in [-0.39, 0.29) is 11.9 Å². The molecule has 2 unspecified atom stereocenters. The first-order chi connectivity index (χ1) is 9.16. The lowest BCUT2D eigenvalue weighted by Crippen LogP contribution is -2.36. The molecule has 2 aromatic rings. The third-order valence-corrected chi connectivity index (χ3v) is 4.15. The molecule has 0 saturated carbocycles. The highest BCUT2D eigenvalue weighted by molar-refractivity contribution is 7.09. The van der Waals surface area contributed by atoms with Gasteiger partial charge in [0.2, 0.25) is 5.91 Å². The molecule has 0 aliphatic rings. The fraction of sp³-hybridized carbons (Fsp3) is 0.267. The second kappa shape index (κ2) is 6.73. The van der Waals surface area contributed by atoms with E-state index in [2.05, 4.69) is 11.4 Å². The smallest absolute Gasteiger partial charge is 0.242 e. The molecule has 0 aliphatic heterocycles. The summed E-state index contributed by atoms with van der Waals surface area (Å²) in [4.78, 5) is 13.3. The van der Waals surface area contributed by atoms with Crippen molar-refractivity contribution in [2.45, 2.75) is 24.8 Å². The molecule has 2 nitrogen and oxygen atoms in total. The molecular formula is C15H16ClNOS. The number of hydrogen-bond acceptors (Lipinski definition) is 2. The van der Waals surface area contributed by atoms with Crippen LogP contribution in [0.2, 0.25) is 0 Å². The molecule has 0 fully saturated rings. The van der Waals surface area contributed by atoms with Crippen molar-refractivity contribution >= 4 is 28.8 Å². The Labute approximate surface area is 122 Å². The Morgan fingerprint density at radius 2 is 2.00 bits per heavy atom. The number of benzene rings is 1. The van der Waals surface area contributed by atoms with Gasteiger partial charge in [-0.15, -0.1) is 22.9 Å². The highest BCUT2D eigenvalue weighted by Crippen LogP contribution is 2.20. The van der Waals surface area contributed by atoms with Crippen molar-refractivity contribution in [3.63, 3.8) is 0 Å². The largest absolute Gasteiger partial charge is 0.352 e. The predicted molar refractivity (Wildman–Crippen MR) is 80.7 cm³/mol. The van der Waals surface area contributed by atoms with Crippen LogP contribution in [0.15, 0.2) is 47.8 Å². The lowest BCUT2D eigenvalue weighted by molar-refractivity contribution is -0.121. The predicted octanol–water partition coefficient (Wildman–Crippen LogP) is 3.78. The quantitative estimate of drug-likeness (QED) is 0.835. The van der Waals surface area contributed by atoms with Gasteiger partial charge in [-0.25, -0.2) is 0 Å². The van der Waals surface area contributed by atoms with Crippen molar-refractivity contribution in [2.24, 2.45) is 0 Å². The number of nitrogens with one attached hydrogen (secondary N) is 1. The zero-order chi connectivity index (χ0) is 13.7. The minimum atomic E-state index is -0.632. The Hall–Kier alpha value is -1.32. The van der Waals surface area contributed by atoms with Gasteiger partial charge in [-0.2, -0.15) is 0 Å². The number of rotatable bonds is 5. The van der Waals surface area contributed by atoms with E-state index in [9.17, 15) is 4.79 Å². The van der Waals surface area contributed by atoms with Crippen LogP contribution in [0.5, 0.6) is 0 Å². The maximum Gasteiger partial charge on any atom is 0.242 e. The van der Waals surface area contributed by atoms with Gasteiger partial charge in [-0.3, -0.25) is 4.79 Å². The molecule has 0 spiro atoms. The highest BCUT2D eigenvalue weighted by atomic mass is 35.5. The first kappa shape index (κ1) is 14.1. The molecular weight excluding hydrogens is 278 g/mol. The van der Waals surface area contributed by atoms with Crippen LogP contribution in [-0.2, 0) is 11.2 Å². The Bertz CT molecular complexity index is 512. The molecule has 0 saturated heterocycles. The number of carbonyl (C=O) groups excluding carboxylic acids is 1. The number of halogens is 1. The molecule has 1 N–H and O–H groups in total. The van der Waals surface area contributed by atoms with E-state index in [0.717, 1.165) is 12.0 Å². The number of hydrogen-bond donors (Lipinski definition) is 1. The summed E-state index contributed by atoms with van der Waals surface area (Å²) in [6.07, 6.45) is 0.835. The monoisotopic (exact) mass is 293 g/mol. The molecule has 0 radical (unpaired) electrons. The topological polar surface area (TPSA) is 29.1 Å². The van der Waals surface area contributed by atoms with E-state index in [0.29, 0.717) is 0 Å². The van der Waals surface area contributed by atoms with Crippen LogP contribution in [0, 0.1) is 0 Å². The summed E-state index contributed by atoms with van der Waals surface area (Å²) in [6.45, 7) is 1.99. The Morgan fingerprint density at radius 3 is 2.63 bits per heavy atom. The average molecular weight is 294 g/mol. The van der Waals surface area contributed by atoms with Gasteiger partial charge >= 0.3 is 0 Å². The van der Waals surface area contributed by atoms with E-state index >= 15 is 0 Å². The molecule has 2 rings (SSSR count). The van der Waals surface area contributed by atoms with Gasteiger partial charge in [0.1, 0.15) is 5.38 Å². The first-order valence-corrected chi connectivity index (χ1v) is 7.50. The highest BCUT2D eigenvalue weighted by Gasteiger charge is 2.19. The minimum Gasteiger partial charge on any atom is -0.352 e. The molecule has 0 aliphatic carbocycles. The zero-order valence-corrected chi connectivity index (χ0v) is 12.2. The van der Waals surface area contributed by atoms with E-state index in [4.69, 9.17) is 11.6 Å². The standard InChI is InChI=1S/C15H16ClNOS/c1-11(10-13-8-5-9-19-13)17-15(18)14(16)12-6-3-2-4-7-12/h2-9,11,14H,10H2,1H3,(H,17,18). The second-order valence-electron chi connectivity index (χ2n) is 4.47. The summed E-state index contributed by atoms with van der Waals surface area (Å²) in [5.74, 6) is -0.142. The summed E-state index contributed by atoms with van der Waals surface area (Å²) in [5, 5.41) is 4.36. The van der Waals surface area contributed by atoms with Crippen molar-refractivity contribution in [2.75, 3.05) is 0 Å². The van der Waals surface area contributed by atoms with Crippen LogP contribution in [0.1, 0.15) is 22.7 Å². The van der Waals surface area contributed by atoms with Crippen molar-refractivity contribution in [1.29, 1.82) is 0 Å². The Balaban J connectivity index is 1.90. The fourth-order valence-electron chi connectivity index (χ4n) is 1.87. The van der Waals surface area contributed by atoms with Crippen LogP contribution in [0.25, 0.3) is 0 Å². The van der Waals surface area contributed by atoms with Gasteiger partial charge < -0.3 is 5.32 Å². The fourth-order valence-corrected chi connectivity index (χ4v) is 2.91. The summed E-state index contributed by atoms with van der Waals surface area (Å²) in [5.41, 5.74) is 0.824. The summed E-state index contributed by atoms with van der Waals surface area (Å²) < 4.78 is 0. The van der Waals surface area contributed by atoms with Gasteiger partial charge in [-0.05, 0) is 23.9 Å². The summed E-state index contributed by atoms with van der Waals surface area (Å²) >= 11 is 7.87. The summed E-state index contributed by atoms with van der Waals surface area (Å²) in [7, 11) is 0. The Morgan fingerprint density at radius 1 is 1.26 bits per heavy atom. The average Bonchev–Trinajstić information content (AvgIpc) is 2.91. The lowest BCUT2D eigenvalue weighted by atomic mass is 10.1. The second-order valence-corrected chi connectivity index (χ2v) is 5.94. The normalized spacial score (nSPS) is 13.8. The maximum absolute atomic E-state index is 12.0. The van der Waals surface area contributed by atoms with E-state index in [1.807, 2.05) is 48.7 Å². The van der Waals surface area contributed by atoms with Crippen molar-refractivity contribution in [3.8, 4) is 0 Å². The molecule has 1 heterocycles. The van der Waals surface area contributed by atoms with Crippen LogP contribution in [0.3, 0.4) is 0 Å². The lowest BCUT2D eigenvalue weighted by Gasteiger charge is -2.16. The number of alkyl halides is 1. The molecule has 1 amide bonds. The van der Waals surface area contributed by atoms with Crippen LogP contribution in [-0.4, -0.2) is 11.9 Å². The number of amides is 1.